The van der Waals surface area contributed by atoms with Gasteiger partial charge in [0, 0.05) is 26.7 Å². The number of hydrogen-bond donors (Lipinski definition) is 0. The molecule has 1 aliphatic heterocycles. The zero-order valence-electron chi connectivity index (χ0n) is 12.9. The van der Waals surface area contributed by atoms with Crippen LogP contribution in [0.4, 0.5) is 0 Å². The standard InChI is InChI=1S/C17H23N3O/c1-3-4-9-16-17(21)19(2)10-11-20(16)13-15-8-6-5-7-14(15)12-18/h5-8,16H,3-4,9-11,13H2,1-2H3/t16-/m1/s1. The first-order valence-electron chi connectivity index (χ1n) is 7.64. The molecule has 4 heteroatoms. The van der Waals surface area contributed by atoms with E-state index in [1.54, 1.807) is 0 Å². The van der Waals surface area contributed by atoms with Gasteiger partial charge in [0.15, 0.2) is 0 Å². The molecule has 0 radical (unpaired) electrons. The van der Waals surface area contributed by atoms with Gasteiger partial charge in [-0.1, -0.05) is 38.0 Å². The van der Waals surface area contributed by atoms with Crippen LogP contribution in [0.15, 0.2) is 24.3 Å². The topological polar surface area (TPSA) is 47.3 Å². The summed E-state index contributed by atoms with van der Waals surface area (Å²) in [5.74, 6) is 0.212. The molecule has 1 atom stereocenters. The van der Waals surface area contributed by atoms with E-state index in [2.05, 4.69) is 17.9 Å². The van der Waals surface area contributed by atoms with Crippen LogP contribution in [0.1, 0.15) is 37.3 Å². The number of nitriles is 1. The van der Waals surface area contributed by atoms with Gasteiger partial charge in [0.1, 0.15) is 0 Å². The molecule has 0 spiro atoms. The van der Waals surface area contributed by atoms with Gasteiger partial charge in [-0.15, -0.1) is 0 Å². The Balaban J connectivity index is 2.16. The van der Waals surface area contributed by atoms with Crippen molar-refractivity contribution in [1.29, 1.82) is 5.26 Å². The van der Waals surface area contributed by atoms with Crippen LogP contribution in [-0.4, -0.2) is 41.9 Å². The minimum Gasteiger partial charge on any atom is -0.343 e. The average Bonchev–Trinajstić information content (AvgIpc) is 2.51. The molecule has 0 aliphatic carbocycles. The van der Waals surface area contributed by atoms with E-state index >= 15 is 0 Å². The highest BCUT2D eigenvalue weighted by Gasteiger charge is 2.32. The van der Waals surface area contributed by atoms with Crippen LogP contribution in [-0.2, 0) is 11.3 Å². The van der Waals surface area contributed by atoms with Crippen LogP contribution < -0.4 is 0 Å². The second-order valence-electron chi connectivity index (χ2n) is 5.66. The largest absolute Gasteiger partial charge is 0.343 e. The van der Waals surface area contributed by atoms with Gasteiger partial charge in [0.25, 0.3) is 0 Å². The van der Waals surface area contributed by atoms with Crippen LogP contribution in [0.2, 0.25) is 0 Å². The van der Waals surface area contributed by atoms with Crippen molar-refractivity contribution in [2.75, 3.05) is 20.1 Å². The second-order valence-corrected chi connectivity index (χ2v) is 5.66. The predicted octanol–water partition coefficient (Wildman–Crippen LogP) is 2.39. The highest BCUT2D eigenvalue weighted by molar-refractivity contribution is 5.82. The van der Waals surface area contributed by atoms with Crippen molar-refractivity contribution in [3.8, 4) is 6.07 Å². The first-order valence-corrected chi connectivity index (χ1v) is 7.64. The molecule has 0 unspecified atom stereocenters. The normalized spacial score (nSPS) is 19.6. The fourth-order valence-corrected chi connectivity index (χ4v) is 2.83. The fourth-order valence-electron chi connectivity index (χ4n) is 2.83. The molecule has 21 heavy (non-hydrogen) atoms. The molecule has 0 bridgehead atoms. The lowest BCUT2D eigenvalue weighted by Crippen LogP contribution is -2.55. The van der Waals surface area contributed by atoms with Gasteiger partial charge < -0.3 is 4.90 Å². The van der Waals surface area contributed by atoms with Gasteiger partial charge in [0.2, 0.25) is 5.91 Å². The maximum Gasteiger partial charge on any atom is 0.239 e. The molecule has 1 fully saturated rings. The number of rotatable bonds is 5. The zero-order chi connectivity index (χ0) is 15.2. The number of benzene rings is 1. The van der Waals surface area contributed by atoms with Gasteiger partial charge in [-0.25, -0.2) is 0 Å². The monoisotopic (exact) mass is 285 g/mol. The average molecular weight is 285 g/mol. The van der Waals surface area contributed by atoms with E-state index in [0.29, 0.717) is 12.1 Å². The Bertz CT molecular complexity index is 535. The highest BCUT2D eigenvalue weighted by Crippen LogP contribution is 2.20. The quantitative estimate of drug-likeness (QED) is 0.834. The van der Waals surface area contributed by atoms with Crippen molar-refractivity contribution in [1.82, 2.24) is 9.80 Å². The van der Waals surface area contributed by atoms with Crippen LogP contribution in [0, 0.1) is 11.3 Å². The summed E-state index contributed by atoms with van der Waals surface area (Å²) in [6.07, 6.45) is 3.05. The zero-order valence-corrected chi connectivity index (χ0v) is 12.9. The highest BCUT2D eigenvalue weighted by atomic mass is 16.2. The second kappa shape index (κ2) is 7.24. The number of hydrogen-bond acceptors (Lipinski definition) is 3. The maximum atomic E-state index is 12.4. The summed E-state index contributed by atoms with van der Waals surface area (Å²) in [5.41, 5.74) is 1.72. The molecule has 112 valence electrons. The summed E-state index contributed by atoms with van der Waals surface area (Å²) in [7, 11) is 1.88. The van der Waals surface area contributed by atoms with Crippen molar-refractivity contribution in [2.45, 2.75) is 38.8 Å². The Morgan fingerprint density at radius 1 is 1.33 bits per heavy atom. The lowest BCUT2D eigenvalue weighted by atomic mass is 10.0. The third kappa shape index (κ3) is 3.62. The van der Waals surface area contributed by atoms with Crippen LogP contribution >= 0.6 is 0 Å². The Labute approximate surface area is 127 Å². The molecular weight excluding hydrogens is 262 g/mol. The molecule has 2 rings (SSSR count). The summed E-state index contributed by atoms with van der Waals surface area (Å²) in [5, 5.41) is 9.21. The minimum absolute atomic E-state index is 0.0459. The molecule has 0 saturated carbocycles. The van der Waals surface area contributed by atoms with Crippen LogP contribution in [0.3, 0.4) is 0 Å². The smallest absolute Gasteiger partial charge is 0.239 e. The van der Waals surface area contributed by atoms with Gasteiger partial charge >= 0.3 is 0 Å². The van der Waals surface area contributed by atoms with E-state index in [-0.39, 0.29) is 11.9 Å². The first-order chi connectivity index (χ1) is 10.2. The first kappa shape index (κ1) is 15.5. The van der Waals surface area contributed by atoms with Crippen molar-refractivity contribution in [3.63, 3.8) is 0 Å². The fraction of sp³-hybridized carbons (Fsp3) is 0.529. The molecule has 1 aliphatic rings. The van der Waals surface area contributed by atoms with E-state index in [1.807, 2.05) is 36.2 Å². The van der Waals surface area contributed by atoms with Crippen molar-refractivity contribution in [3.05, 3.63) is 35.4 Å². The summed E-state index contributed by atoms with van der Waals surface area (Å²) >= 11 is 0. The van der Waals surface area contributed by atoms with Crippen molar-refractivity contribution in [2.24, 2.45) is 0 Å². The van der Waals surface area contributed by atoms with E-state index in [0.717, 1.165) is 37.9 Å². The van der Waals surface area contributed by atoms with Gasteiger partial charge in [-0.05, 0) is 18.1 Å². The van der Waals surface area contributed by atoms with E-state index in [4.69, 9.17) is 0 Å². The SMILES string of the molecule is CCCC[C@@H]1C(=O)N(C)CCN1Cc1ccccc1C#N. The van der Waals surface area contributed by atoms with Crippen LogP contribution in [0.5, 0.6) is 0 Å². The van der Waals surface area contributed by atoms with Crippen molar-refractivity contribution < 1.29 is 4.79 Å². The number of piperazine rings is 1. The van der Waals surface area contributed by atoms with E-state index in [1.165, 1.54) is 0 Å². The summed E-state index contributed by atoms with van der Waals surface area (Å²) in [6, 6.07) is 9.86. The Kier molecular flexibility index (Phi) is 5.35. The van der Waals surface area contributed by atoms with Gasteiger partial charge in [0.05, 0.1) is 17.7 Å². The molecule has 1 aromatic rings. The van der Waals surface area contributed by atoms with E-state index < -0.39 is 0 Å². The Morgan fingerprint density at radius 2 is 2.10 bits per heavy atom. The number of carbonyl (C=O) groups excluding carboxylic acids is 1. The third-order valence-corrected chi connectivity index (χ3v) is 4.17. The Hall–Kier alpha value is -1.86. The molecule has 0 N–H and O–H groups in total. The van der Waals surface area contributed by atoms with Gasteiger partial charge in [-0.3, -0.25) is 9.69 Å². The van der Waals surface area contributed by atoms with Gasteiger partial charge in [-0.2, -0.15) is 5.26 Å². The number of amides is 1. The number of nitrogens with zero attached hydrogens (tertiary/aromatic N) is 3. The number of unbranched alkanes of at least 4 members (excludes halogenated alkanes) is 1. The molecule has 0 aromatic heterocycles. The number of carbonyl (C=O) groups is 1. The Morgan fingerprint density at radius 3 is 2.81 bits per heavy atom. The molecule has 1 aromatic carbocycles. The summed E-state index contributed by atoms with van der Waals surface area (Å²) in [4.78, 5) is 16.5. The minimum atomic E-state index is -0.0459. The molecule has 1 saturated heterocycles. The van der Waals surface area contributed by atoms with E-state index in [9.17, 15) is 10.1 Å². The lowest BCUT2D eigenvalue weighted by Gasteiger charge is -2.39. The lowest BCUT2D eigenvalue weighted by molar-refractivity contribution is -0.140. The number of likely N-dealkylation sites (N-methyl/N-ethyl adjacent to an activating group) is 1. The molecular formula is C17H23N3O. The van der Waals surface area contributed by atoms with Crippen molar-refractivity contribution >= 4 is 5.91 Å². The maximum absolute atomic E-state index is 12.4. The molecule has 1 heterocycles. The predicted molar refractivity (Wildman–Crippen MR) is 82.5 cm³/mol. The van der Waals surface area contributed by atoms with Crippen LogP contribution in [0.25, 0.3) is 0 Å². The summed E-state index contributed by atoms with van der Waals surface area (Å²) in [6.45, 7) is 4.45. The third-order valence-electron chi connectivity index (χ3n) is 4.17. The molecule has 4 nitrogen and oxygen atoms in total. The molecule has 1 amide bonds. The summed E-state index contributed by atoms with van der Waals surface area (Å²) < 4.78 is 0.